The second kappa shape index (κ2) is 7.60. The Kier molecular flexibility index (Phi) is 5.73. The van der Waals surface area contributed by atoms with Crippen molar-refractivity contribution in [1.82, 2.24) is 0 Å². The van der Waals surface area contributed by atoms with Crippen LogP contribution in [0.15, 0.2) is 12.1 Å². The number of hydrogen-bond donors (Lipinski definition) is 2. The number of aliphatic carboxylic acids is 1. The van der Waals surface area contributed by atoms with Crippen LogP contribution >= 0.6 is 0 Å². The summed E-state index contributed by atoms with van der Waals surface area (Å²) < 4.78 is 15.9. The van der Waals surface area contributed by atoms with Crippen molar-refractivity contribution in [2.75, 3.05) is 19.1 Å². The number of ether oxygens (including phenoxy) is 3. The molecule has 1 aromatic rings. The molecule has 0 aliphatic carbocycles. The lowest BCUT2D eigenvalue weighted by Gasteiger charge is -2.37. The Balaban J connectivity index is 2.56. The Hall–Kier alpha value is -2.48. The SMILES string of the molecule is CCC(C)OC(=O)N1c2cc(OC)c(OC)cc2[C@@H](N)C[C@@H]1C(=O)O. The number of carbonyl (C=O) groups excluding carboxylic acids is 1. The van der Waals surface area contributed by atoms with E-state index in [2.05, 4.69) is 0 Å². The quantitative estimate of drug-likeness (QED) is 0.836. The van der Waals surface area contributed by atoms with Gasteiger partial charge in [-0.3, -0.25) is 4.90 Å². The van der Waals surface area contributed by atoms with E-state index in [1.54, 1.807) is 19.1 Å². The van der Waals surface area contributed by atoms with Crippen LogP contribution in [0.2, 0.25) is 0 Å². The monoisotopic (exact) mass is 352 g/mol. The summed E-state index contributed by atoms with van der Waals surface area (Å²) in [5.41, 5.74) is 7.11. The van der Waals surface area contributed by atoms with Crippen molar-refractivity contribution in [3.63, 3.8) is 0 Å². The number of carboxylic acid groups (broad SMARTS) is 1. The number of benzene rings is 1. The number of fused-ring (bicyclic) bond motifs is 1. The highest BCUT2D eigenvalue weighted by Crippen LogP contribution is 2.43. The van der Waals surface area contributed by atoms with Gasteiger partial charge >= 0.3 is 12.1 Å². The number of carboxylic acids is 1. The number of anilines is 1. The van der Waals surface area contributed by atoms with Crippen molar-refractivity contribution in [2.24, 2.45) is 5.73 Å². The lowest BCUT2D eigenvalue weighted by molar-refractivity contribution is -0.139. The van der Waals surface area contributed by atoms with Gasteiger partial charge in [0.15, 0.2) is 11.5 Å². The summed E-state index contributed by atoms with van der Waals surface area (Å²) in [6.07, 6.45) is -0.355. The van der Waals surface area contributed by atoms with E-state index in [4.69, 9.17) is 19.9 Å². The summed E-state index contributed by atoms with van der Waals surface area (Å²) in [5, 5.41) is 9.56. The number of amides is 1. The predicted octanol–water partition coefficient (Wildman–Crippen LogP) is 2.30. The molecule has 1 aliphatic heterocycles. The van der Waals surface area contributed by atoms with E-state index in [9.17, 15) is 14.7 Å². The lowest BCUT2D eigenvalue weighted by atomic mass is 9.91. The second-order valence-corrected chi connectivity index (χ2v) is 5.93. The van der Waals surface area contributed by atoms with Gasteiger partial charge in [0, 0.05) is 12.1 Å². The Bertz CT molecular complexity index is 663. The largest absolute Gasteiger partial charge is 0.493 e. The highest BCUT2D eigenvalue weighted by Gasteiger charge is 2.41. The van der Waals surface area contributed by atoms with Crippen LogP contribution in [-0.4, -0.2) is 43.5 Å². The number of nitrogens with zero attached hydrogens (tertiary/aromatic N) is 1. The number of rotatable bonds is 5. The van der Waals surface area contributed by atoms with Crippen LogP contribution in [0.3, 0.4) is 0 Å². The van der Waals surface area contributed by atoms with Gasteiger partial charge in [-0.1, -0.05) is 6.92 Å². The molecule has 0 saturated carbocycles. The zero-order valence-corrected chi connectivity index (χ0v) is 14.8. The number of hydrogen-bond acceptors (Lipinski definition) is 6. The van der Waals surface area contributed by atoms with E-state index in [0.717, 1.165) is 4.90 Å². The van der Waals surface area contributed by atoms with E-state index in [0.29, 0.717) is 29.2 Å². The summed E-state index contributed by atoms with van der Waals surface area (Å²) in [6.45, 7) is 3.62. The van der Waals surface area contributed by atoms with Crippen LogP contribution in [0.1, 0.15) is 38.3 Å². The molecule has 0 fully saturated rings. The van der Waals surface area contributed by atoms with Crippen molar-refractivity contribution >= 4 is 17.7 Å². The number of nitrogens with two attached hydrogens (primary N) is 1. The highest BCUT2D eigenvalue weighted by atomic mass is 16.6. The van der Waals surface area contributed by atoms with Gasteiger partial charge < -0.3 is 25.1 Å². The lowest BCUT2D eigenvalue weighted by Crippen LogP contribution is -2.51. The molecule has 1 amide bonds. The Morgan fingerprint density at radius 2 is 1.92 bits per heavy atom. The van der Waals surface area contributed by atoms with Gasteiger partial charge in [0.2, 0.25) is 0 Å². The highest BCUT2D eigenvalue weighted by molar-refractivity contribution is 5.97. The summed E-state index contributed by atoms with van der Waals surface area (Å²) in [5.74, 6) is -0.307. The molecule has 1 heterocycles. The fourth-order valence-electron chi connectivity index (χ4n) is 2.78. The summed E-state index contributed by atoms with van der Waals surface area (Å²) in [6, 6.07) is 1.56. The van der Waals surface area contributed by atoms with Crippen LogP contribution in [0.5, 0.6) is 11.5 Å². The zero-order valence-electron chi connectivity index (χ0n) is 14.8. The molecule has 3 N–H and O–H groups in total. The maximum absolute atomic E-state index is 12.6. The molecule has 0 aromatic heterocycles. The second-order valence-electron chi connectivity index (χ2n) is 5.93. The van der Waals surface area contributed by atoms with Gasteiger partial charge in [0.25, 0.3) is 0 Å². The molecule has 1 aromatic carbocycles. The van der Waals surface area contributed by atoms with Crippen molar-refractivity contribution < 1.29 is 28.9 Å². The van der Waals surface area contributed by atoms with Crippen LogP contribution in [0, 0.1) is 0 Å². The molecule has 138 valence electrons. The topological polar surface area (TPSA) is 111 Å². The standard InChI is InChI=1S/C17H24N2O6/c1-5-9(2)25-17(22)19-12-8-15(24-4)14(23-3)6-10(12)11(18)7-13(19)16(20)21/h6,8-9,11,13H,5,7,18H2,1-4H3,(H,20,21)/t9?,11-,13+/m0/s1. The van der Waals surface area contributed by atoms with E-state index >= 15 is 0 Å². The van der Waals surface area contributed by atoms with Gasteiger partial charge in [-0.05, 0) is 31.4 Å². The van der Waals surface area contributed by atoms with Crippen molar-refractivity contribution in [3.05, 3.63) is 17.7 Å². The number of carbonyl (C=O) groups is 2. The van der Waals surface area contributed by atoms with Crippen molar-refractivity contribution in [2.45, 2.75) is 44.9 Å². The molecule has 25 heavy (non-hydrogen) atoms. The van der Waals surface area contributed by atoms with E-state index < -0.39 is 24.1 Å². The Labute approximate surface area is 146 Å². The Morgan fingerprint density at radius 1 is 1.32 bits per heavy atom. The van der Waals surface area contributed by atoms with E-state index in [1.807, 2.05) is 6.92 Å². The maximum Gasteiger partial charge on any atom is 0.415 e. The molecule has 0 spiro atoms. The summed E-state index contributed by atoms with van der Waals surface area (Å²) in [4.78, 5) is 25.5. The smallest absolute Gasteiger partial charge is 0.415 e. The number of methoxy groups -OCH3 is 2. The fraction of sp³-hybridized carbons (Fsp3) is 0.529. The van der Waals surface area contributed by atoms with E-state index in [1.165, 1.54) is 14.2 Å². The molecular weight excluding hydrogens is 328 g/mol. The van der Waals surface area contributed by atoms with Gasteiger partial charge in [-0.2, -0.15) is 0 Å². The molecule has 8 nitrogen and oxygen atoms in total. The van der Waals surface area contributed by atoms with Crippen molar-refractivity contribution in [1.29, 1.82) is 0 Å². The first-order chi connectivity index (χ1) is 11.8. The third-order valence-electron chi connectivity index (χ3n) is 4.34. The van der Waals surface area contributed by atoms with Gasteiger partial charge in [-0.15, -0.1) is 0 Å². The summed E-state index contributed by atoms with van der Waals surface area (Å²) >= 11 is 0. The van der Waals surface area contributed by atoms with Gasteiger partial charge in [0.05, 0.1) is 19.9 Å². The van der Waals surface area contributed by atoms with Crippen LogP contribution in [0.25, 0.3) is 0 Å². The van der Waals surface area contributed by atoms with Gasteiger partial charge in [-0.25, -0.2) is 9.59 Å². The summed E-state index contributed by atoms with van der Waals surface area (Å²) in [7, 11) is 2.96. The molecule has 0 radical (unpaired) electrons. The first kappa shape index (κ1) is 18.9. The van der Waals surface area contributed by atoms with Crippen molar-refractivity contribution in [3.8, 4) is 11.5 Å². The van der Waals surface area contributed by atoms with E-state index in [-0.39, 0.29) is 12.5 Å². The fourth-order valence-corrected chi connectivity index (χ4v) is 2.78. The molecule has 2 rings (SSSR count). The molecular formula is C17H24N2O6. The first-order valence-electron chi connectivity index (χ1n) is 8.08. The molecule has 0 saturated heterocycles. The minimum Gasteiger partial charge on any atom is -0.493 e. The minimum atomic E-state index is -1.14. The molecule has 1 aliphatic rings. The average molecular weight is 352 g/mol. The molecule has 8 heteroatoms. The third kappa shape index (κ3) is 3.63. The third-order valence-corrected chi connectivity index (χ3v) is 4.34. The minimum absolute atomic E-state index is 0.0768. The van der Waals surface area contributed by atoms with Crippen LogP contribution in [-0.2, 0) is 9.53 Å². The zero-order chi connectivity index (χ0) is 18.7. The molecule has 3 atom stereocenters. The van der Waals surface area contributed by atoms with Crippen LogP contribution in [0.4, 0.5) is 10.5 Å². The predicted molar refractivity (Wildman–Crippen MR) is 91.2 cm³/mol. The normalized spacial score (nSPS) is 20.4. The first-order valence-corrected chi connectivity index (χ1v) is 8.08. The molecule has 1 unspecified atom stereocenters. The molecule has 0 bridgehead atoms. The average Bonchev–Trinajstić information content (AvgIpc) is 2.59. The van der Waals surface area contributed by atoms with Gasteiger partial charge in [0.1, 0.15) is 12.1 Å². The van der Waals surface area contributed by atoms with Crippen LogP contribution < -0.4 is 20.1 Å². The maximum atomic E-state index is 12.6. The Morgan fingerprint density at radius 3 is 2.44 bits per heavy atom.